The van der Waals surface area contributed by atoms with Gasteiger partial charge in [0.2, 0.25) is 11.8 Å². The van der Waals surface area contributed by atoms with Crippen LogP contribution in [0, 0.1) is 0 Å². The van der Waals surface area contributed by atoms with Gasteiger partial charge in [-0.2, -0.15) is 0 Å². The highest BCUT2D eigenvalue weighted by Gasteiger charge is 2.38. The van der Waals surface area contributed by atoms with Gasteiger partial charge >= 0.3 is 0 Å². The lowest BCUT2D eigenvalue weighted by molar-refractivity contribution is 0.0933. The molecule has 1 atom stereocenters. The van der Waals surface area contributed by atoms with E-state index in [0.29, 0.717) is 17.5 Å². The lowest BCUT2D eigenvalue weighted by atomic mass is 9.80. The van der Waals surface area contributed by atoms with Gasteiger partial charge in [-0.15, -0.1) is 0 Å². The minimum atomic E-state index is -0.111. The summed E-state index contributed by atoms with van der Waals surface area (Å²) in [7, 11) is 0. The van der Waals surface area contributed by atoms with Crippen molar-refractivity contribution in [1.82, 2.24) is 4.57 Å². The van der Waals surface area contributed by atoms with Crippen LogP contribution in [0.15, 0.2) is 66.4 Å². The number of hydrogen-bond acceptors (Lipinski definition) is 3. The van der Waals surface area contributed by atoms with Gasteiger partial charge in [-0.1, -0.05) is 48.0 Å². The van der Waals surface area contributed by atoms with E-state index in [9.17, 15) is 4.79 Å². The Hall–Kier alpha value is -3.24. The van der Waals surface area contributed by atoms with Gasteiger partial charge in [0.25, 0.3) is 0 Å². The summed E-state index contributed by atoms with van der Waals surface area (Å²) in [4.78, 5) is 12.5. The standard InChI is InChI=1S/C24H16ClNO3/c1-13(27)26-19-10-16(25)7-8-18(19)23-21-15(12-29-24(23)26)11-28-20-9-6-14-4-2-3-5-17(14)22(20)21/h2-10,12,21H,11H2,1H3. The number of ether oxygens (including phenoxy) is 2. The molecule has 29 heavy (non-hydrogen) atoms. The molecule has 2 aliphatic heterocycles. The smallest absolute Gasteiger partial charge is 0.230 e. The van der Waals surface area contributed by atoms with Gasteiger partial charge in [0, 0.05) is 40.0 Å². The SMILES string of the molecule is CC(=O)n1c2c(c3ccc(Cl)cc31)C1C(=CO2)COc2ccc3ccccc3c21. The number of nitrogens with zero attached hydrogens (tertiary/aromatic N) is 1. The molecule has 0 aliphatic carbocycles. The zero-order chi connectivity index (χ0) is 19.7. The van der Waals surface area contributed by atoms with Gasteiger partial charge in [-0.3, -0.25) is 4.79 Å². The zero-order valence-electron chi connectivity index (χ0n) is 15.6. The summed E-state index contributed by atoms with van der Waals surface area (Å²) in [6, 6.07) is 18.1. The molecule has 4 nitrogen and oxygen atoms in total. The second kappa shape index (κ2) is 5.88. The molecule has 5 heteroatoms. The summed E-state index contributed by atoms with van der Waals surface area (Å²) < 4.78 is 13.7. The summed E-state index contributed by atoms with van der Waals surface area (Å²) in [5.41, 5.74) is 3.91. The van der Waals surface area contributed by atoms with Crippen molar-refractivity contribution in [2.45, 2.75) is 12.8 Å². The van der Waals surface area contributed by atoms with Crippen LogP contribution < -0.4 is 9.47 Å². The van der Waals surface area contributed by atoms with Crippen LogP contribution in [0.1, 0.15) is 28.8 Å². The lowest BCUT2D eigenvalue weighted by Gasteiger charge is -2.32. The van der Waals surface area contributed by atoms with Crippen LogP contribution in [0.3, 0.4) is 0 Å². The highest BCUT2D eigenvalue weighted by Crippen LogP contribution is 2.52. The van der Waals surface area contributed by atoms with Crippen LogP contribution in [-0.4, -0.2) is 17.1 Å². The number of rotatable bonds is 0. The Bertz CT molecular complexity index is 1380. The predicted molar refractivity (Wildman–Crippen MR) is 113 cm³/mol. The second-order valence-corrected chi connectivity index (χ2v) is 7.90. The third-order valence-electron chi connectivity index (χ3n) is 5.83. The fraction of sp³-hybridized carbons (Fsp3) is 0.125. The first-order valence-electron chi connectivity index (χ1n) is 9.48. The maximum Gasteiger partial charge on any atom is 0.230 e. The van der Waals surface area contributed by atoms with E-state index < -0.39 is 0 Å². The van der Waals surface area contributed by atoms with Crippen LogP contribution in [-0.2, 0) is 0 Å². The molecule has 1 unspecified atom stereocenters. The van der Waals surface area contributed by atoms with E-state index in [1.807, 2.05) is 36.4 Å². The van der Waals surface area contributed by atoms with Gasteiger partial charge in [-0.25, -0.2) is 4.57 Å². The number of fused-ring (bicyclic) bond motifs is 9. The molecule has 0 spiro atoms. The Labute approximate surface area is 171 Å². The van der Waals surface area contributed by atoms with Crippen LogP contribution >= 0.6 is 11.6 Å². The van der Waals surface area contributed by atoms with Gasteiger partial charge in [0.05, 0.1) is 11.8 Å². The van der Waals surface area contributed by atoms with E-state index in [0.717, 1.165) is 44.1 Å². The highest BCUT2D eigenvalue weighted by atomic mass is 35.5. The molecule has 3 heterocycles. The number of aromatic nitrogens is 1. The second-order valence-electron chi connectivity index (χ2n) is 7.47. The first-order chi connectivity index (χ1) is 14.1. The van der Waals surface area contributed by atoms with Crippen LogP contribution in [0.2, 0.25) is 5.02 Å². The molecule has 0 bridgehead atoms. The lowest BCUT2D eigenvalue weighted by Crippen LogP contribution is -2.23. The third-order valence-corrected chi connectivity index (χ3v) is 6.07. The predicted octanol–water partition coefficient (Wildman–Crippen LogP) is 5.91. The third kappa shape index (κ3) is 2.23. The number of halogens is 1. The van der Waals surface area contributed by atoms with E-state index in [1.165, 1.54) is 6.92 Å². The molecule has 6 rings (SSSR count). The Morgan fingerprint density at radius 2 is 1.93 bits per heavy atom. The minimum Gasteiger partial charge on any atom is -0.489 e. The molecule has 0 fully saturated rings. The summed E-state index contributed by atoms with van der Waals surface area (Å²) in [5, 5.41) is 3.85. The average molecular weight is 402 g/mol. The van der Waals surface area contributed by atoms with Crippen molar-refractivity contribution in [2.75, 3.05) is 6.61 Å². The first-order valence-corrected chi connectivity index (χ1v) is 9.86. The molecule has 2 aliphatic rings. The van der Waals surface area contributed by atoms with Crippen molar-refractivity contribution in [3.05, 3.63) is 82.6 Å². The van der Waals surface area contributed by atoms with Crippen molar-refractivity contribution < 1.29 is 14.3 Å². The van der Waals surface area contributed by atoms with Gasteiger partial charge in [-0.05, 0) is 29.0 Å². The van der Waals surface area contributed by atoms with Crippen molar-refractivity contribution in [3.63, 3.8) is 0 Å². The molecular weight excluding hydrogens is 386 g/mol. The number of carbonyl (C=O) groups is 1. The molecule has 0 N–H and O–H groups in total. The minimum absolute atomic E-state index is 0.0436. The summed E-state index contributed by atoms with van der Waals surface area (Å²) in [5.74, 6) is 1.28. The van der Waals surface area contributed by atoms with Gasteiger partial charge in [0.1, 0.15) is 12.4 Å². The van der Waals surface area contributed by atoms with Crippen LogP contribution in [0.25, 0.3) is 21.7 Å². The molecule has 1 aromatic heterocycles. The van der Waals surface area contributed by atoms with Gasteiger partial charge < -0.3 is 9.47 Å². The molecule has 3 aromatic carbocycles. The fourth-order valence-electron chi connectivity index (χ4n) is 4.66. The first kappa shape index (κ1) is 16.7. The maximum absolute atomic E-state index is 12.5. The monoisotopic (exact) mass is 401 g/mol. The van der Waals surface area contributed by atoms with Crippen molar-refractivity contribution >= 4 is 39.2 Å². The van der Waals surface area contributed by atoms with E-state index in [1.54, 1.807) is 10.8 Å². The van der Waals surface area contributed by atoms with Crippen molar-refractivity contribution in [3.8, 4) is 11.6 Å². The normalized spacial score (nSPS) is 17.0. The molecule has 0 saturated carbocycles. The Morgan fingerprint density at radius 3 is 2.79 bits per heavy atom. The summed E-state index contributed by atoms with van der Waals surface area (Å²) in [6.45, 7) is 1.99. The summed E-state index contributed by atoms with van der Waals surface area (Å²) >= 11 is 6.26. The largest absolute Gasteiger partial charge is 0.489 e. The number of benzene rings is 3. The number of carbonyl (C=O) groups excluding carboxylic acids is 1. The van der Waals surface area contributed by atoms with Crippen LogP contribution in [0.5, 0.6) is 11.6 Å². The zero-order valence-corrected chi connectivity index (χ0v) is 16.4. The van der Waals surface area contributed by atoms with Crippen molar-refractivity contribution in [1.29, 1.82) is 0 Å². The molecule has 0 saturated heterocycles. The Kier molecular flexibility index (Phi) is 3.38. The van der Waals surface area contributed by atoms with E-state index in [4.69, 9.17) is 21.1 Å². The molecule has 4 aromatic rings. The fourth-order valence-corrected chi connectivity index (χ4v) is 4.83. The van der Waals surface area contributed by atoms with Crippen LogP contribution in [0.4, 0.5) is 0 Å². The Balaban J connectivity index is 1.75. The maximum atomic E-state index is 12.5. The highest BCUT2D eigenvalue weighted by molar-refractivity contribution is 6.31. The van der Waals surface area contributed by atoms with Crippen molar-refractivity contribution in [2.24, 2.45) is 0 Å². The number of hydrogen-bond donors (Lipinski definition) is 0. The van der Waals surface area contributed by atoms with E-state index in [2.05, 4.69) is 18.2 Å². The molecular formula is C24H16ClNO3. The molecule has 0 radical (unpaired) electrons. The Morgan fingerprint density at radius 1 is 1.07 bits per heavy atom. The quantitative estimate of drug-likeness (QED) is 0.368. The van der Waals surface area contributed by atoms with Gasteiger partial charge in [0.15, 0.2) is 0 Å². The topological polar surface area (TPSA) is 40.5 Å². The molecule has 0 amide bonds. The summed E-state index contributed by atoms with van der Waals surface area (Å²) in [6.07, 6.45) is 1.73. The average Bonchev–Trinajstić information content (AvgIpc) is 3.06. The van der Waals surface area contributed by atoms with E-state index in [-0.39, 0.29) is 11.8 Å². The molecule has 142 valence electrons. The van der Waals surface area contributed by atoms with E-state index >= 15 is 0 Å².